The molecule has 0 aliphatic rings. The first-order chi connectivity index (χ1) is 9.11. The summed E-state index contributed by atoms with van der Waals surface area (Å²) in [4.78, 5) is 18.5. The SMILES string of the molecule is Cn1ccnc1CNc1nc(NN)ccc1[N+](=O)[O-]. The molecule has 2 rings (SSSR count). The lowest BCUT2D eigenvalue weighted by Gasteiger charge is -2.08. The zero-order valence-corrected chi connectivity index (χ0v) is 10.2. The number of hydrazine groups is 1. The summed E-state index contributed by atoms with van der Waals surface area (Å²) in [5, 5.41) is 13.8. The van der Waals surface area contributed by atoms with Crippen molar-refractivity contribution in [1.29, 1.82) is 0 Å². The van der Waals surface area contributed by atoms with Crippen molar-refractivity contribution >= 4 is 17.3 Å². The fraction of sp³-hybridized carbons (Fsp3) is 0.200. The van der Waals surface area contributed by atoms with Crippen molar-refractivity contribution in [2.24, 2.45) is 12.9 Å². The lowest BCUT2D eigenvalue weighted by Crippen LogP contribution is -2.12. The van der Waals surface area contributed by atoms with Gasteiger partial charge in [0.15, 0.2) is 0 Å². The lowest BCUT2D eigenvalue weighted by atomic mass is 10.3. The molecule has 0 unspecified atom stereocenters. The lowest BCUT2D eigenvalue weighted by molar-refractivity contribution is -0.384. The molecule has 9 nitrogen and oxygen atoms in total. The highest BCUT2D eigenvalue weighted by atomic mass is 16.6. The van der Waals surface area contributed by atoms with Gasteiger partial charge in [0.2, 0.25) is 5.82 Å². The Morgan fingerprint density at radius 2 is 2.32 bits per heavy atom. The Labute approximate surface area is 108 Å². The summed E-state index contributed by atoms with van der Waals surface area (Å²) in [6, 6.07) is 2.77. The molecule has 0 spiro atoms. The number of aryl methyl sites for hydroxylation is 1. The molecule has 19 heavy (non-hydrogen) atoms. The molecular weight excluding hydrogens is 250 g/mol. The van der Waals surface area contributed by atoms with Crippen LogP contribution in [0.15, 0.2) is 24.5 Å². The van der Waals surface area contributed by atoms with E-state index in [1.807, 2.05) is 11.6 Å². The van der Waals surface area contributed by atoms with Gasteiger partial charge in [-0.05, 0) is 6.07 Å². The van der Waals surface area contributed by atoms with Gasteiger partial charge in [0.05, 0.1) is 11.5 Å². The van der Waals surface area contributed by atoms with Crippen LogP contribution >= 0.6 is 0 Å². The second-order valence-electron chi connectivity index (χ2n) is 3.77. The highest BCUT2D eigenvalue weighted by Gasteiger charge is 2.16. The summed E-state index contributed by atoms with van der Waals surface area (Å²) in [6.07, 6.45) is 3.44. The Kier molecular flexibility index (Phi) is 3.57. The predicted molar refractivity (Wildman–Crippen MR) is 69.2 cm³/mol. The normalized spacial score (nSPS) is 10.2. The van der Waals surface area contributed by atoms with Crippen molar-refractivity contribution in [3.63, 3.8) is 0 Å². The van der Waals surface area contributed by atoms with Gasteiger partial charge in [-0.3, -0.25) is 10.1 Å². The van der Waals surface area contributed by atoms with Gasteiger partial charge in [0.1, 0.15) is 11.6 Å². The van der Waals surface area contributed by atoms with Crippen molar-refractivity contribution in [2.45, 2.75) is 6.54 Å². The van der Waals surface area contributed by atoms with Crippen molar-refractivity contribution < 1.29 is 4.92 Å². The average Bonchev–Trinajstić information content (AvgIpc) is 2.81. The van der Waals surface area contributed by atoms with Crippen LogP contribution in [-0.2, 0) is 13.6 Å². The zero-order valence-electron chi connectivity index (χ0n) is 10.2. The van der Waals surface area contributed by atoms with Crippen LogP contribution in [0, 0.1) is 10.1 Å². The van der Waals surface area contributed by atoms with E-state index < -0.39 is 4.92 Å². The molecule has 0 saturated carbocycles. The van der Waals surface area contributed by atoms with Crippen LogP contribution in [0.2, 0.25) is 0 Å². The van der Waals surface area contributed by atoms with Crippen molar-refractivity contribution in [3.05, 3.63) is 40.5 Å². The first kappa shape index (κ1) is 12.8. The first-order valence-electron chi connectivity index (χ1n) is 5.44. The fourth-order valence-corrected chi connectivity index (χ4v) is 1.54. The Balaban J connectivity index is 2.22. The molecule has 0 fully saturated rings. The van der Waals surface area contributed by atoms with E-state index >= 15 is 0 Å². The van der Waals surface area contributed by atoms with Gasteiger partial charge in [-0.2, -0.15) is 0 Å². The van der Waals surface area contributed by atoms with E-state index in [9.17, 15) is 10.1 Å². The minimum atomic E-state index is -0.506. The Hall–Kier alpha value is -2.68. The maximum atomic E-state index is 10.9. The van der Waals surface area contributed by atoms with Crippen LogP contribution in [-0.4, -0.2) is 19.5 Å². The molecule has 2 heterocycles. The van der Waals surface area contributed by atoms with Gasteiger partial charge in [0, 0.05) is 25.5 Å². The zero-order chi connectivity index (χ0) is 13.8. The standard InChI is InChI=1S/C10H13N7O2/c1-16-5-4-12-9(16)6-13-10-7(17(18)19)2-3-8(14-10)15-11/h2-5H,6,11H2,1H3,(H2,13,14,15). The van der Waals surface area contributed by atoms with Crippen molar-refractivity contribution in [1.82, 2.24) is 14.5 Å². The molecule has 0 bridgehead atoms. The topological polar surface area (TPSA) is 124 Å². The quantitative estimate of drug-likeness (QED) is 0.410. The maximum Gasteiger partial charge on any atom is 0.311 e. The first-order valence-corrected chi connectivity index (χ1v) is 5.44. The number of hydrogen-bond donors (Lipinski definition) is 3. The van der Waals surface area contributed by atoms with E-state index in [4.69, 9.17) is 5.84 Å². The molecule has 0 saturated heterocycles. The van der Waals surface area contributed by atoms with Gasteiger partial charge in [-0.15, -0.1) is 0 Å². The van der Waals surface area contributed by atoms with E-state index in [2.05, 4.69) is 20.7 Å². The van der Waals surface area contributed by atoms with Crippen LogP contribution in [0.1, 0.15) is 5.82 Å². The van der Waals surface area contributed by atoms with Crippen LogP contribution in [0.25, 0.3) is 0 Å². The number of anilines is 2. The molecule has 0 aromatic carbocycles. The highest BCUT2D eigenvalue weighted by molar-refractivity contribution is 5.59. The van der Waals surface area contributed by atoms with Crippen molar-refractivity contribution in [2.75, 3.05) is 10.7 Å². The highest BCUT2D eigenvalue weighted by Crippen LogP contribution is 2.23. The van der Waals surface area contributed by atoms with Crippen LogP contribution in [0.3, 0.4) is 0 Å². The minimum Gasteiger partial charge on any atom is -0.357 e. The number of pyridine rings is 1. The second kappa shape index (κ2) is 5.31. The molecule has 0 atom stereocenters. The maximum absolute atomic E-state index is 10.9. The number of imidazole rings is 1. The number of aromatic nitrogens is 3. The molecular formula is C10H13N7O2. The number of hydrogen-bond acceptors (Lipinski definition) is 7. The number of nitro groups is 1. The van der Waals surface area contributed by atoms with Gasteiger partial charge in [0.25, 0.3) is 0 Å². The van der Waals surface area contributed by atoms with E-state index in [0.29, 0.717) is 12.4 Å². The summed E-state index contributed by atoms with van der Waals surface area (Å²) in [5.74, 6) is 6.45. The van der Waals surface area contributed by atoms with Crippen LogP contribution in [0.4, 0.5) is 17.3 Å². The Bertz CT molecular complexity index is 595. The summed E-state index contributed by atoms with van der Waals surface area (Å²) in [5.41, 5.74) is 2.23. The number of nitrogens with zero attached hydrogens (tertiary/aromatic N) is 4. The van der Waals surface area contributed by atoms with Gasteiger partial charge in [-0.25, -0.2) is 15.8 Å². The van der Waals surface area contributed by atoms with E-state index in [-0.39, 0.29) is 11.5 Å². The average molecular weight is 263 g/mol. The molecule has 4 N–H and O–H groups in total. The second-order valence-corrected chi connectivity index (χ2v) is 3.77. The third-order valence-electron chi connectivity index (χ3n) is 2.55. The van der Waals surface area contributed by atoms with Gasteiger partial charge < -0.3 is 15.3 Å². The van der Waals surface area contributed by atoms with Gasteiger partial charge in [-0.1, -0.05) is 0 Å². The predicted octanol–water partition coefficient (Wildman–Crippen LogP) is 0.621. The molecule has 9 heteroatoms. The minimum absolute atomic E-state index is 0.117. The molecule has 0 aliphatic carbocycles. The smallest absolute Gasteiger partial charge is 0.311 e. The summed E-state index contributed by atoms with van der Waals surface area (Å²) < 4.78 is 1.81. The third kappa shape index (κ3) is 2.77. The number of nitrogens with one attached hydrogen (secondary N) is 2. The van der Waals surface area contributed by atoms with Crippen LogP contribution < -0.4 is 16.6 Å². The molecule has 0 aliphatic heterocycles. The molecule has 100 valence electrons. The monoisotopic (exact) mass is 263 g/mol. The van der Waals surface area contributed by atoms with Gasteiger partial charge >= 0.3 is 5.69 Å². The Morgan fingerprint density at radius 1 is 1.53 bits per heavy atom. The van der Waals surface area contributed by atoms with Crippen LogP contribution in [0.5, 0.6) is 0 Å². The largest absolute Gasteiger partial charge is 0.357 e. The fourth-order valence-electron chi connectivity index (χ4n) is 1.54. The summed E-state index contributed by atoms with van der Waals surface area (Å²) in [6.45, 7) is 0.325. The number of nitrogens with two attached hydrogens (primary N) is 1. The third-order valence-corrected chi connectivity index (χ3v) is 2.55. The summed E-state index contributed by atoms with van der Waals surface area (Å²) >= 11 is 0. The van der Waals surface area contributed by atoms with E-state index in [0.717, 1.165) is 5.82 Å². The summed E-state index contributed by atoms with van der Waals surface area (Å²) in [7, 11) is 1.84. The number of nitrogen functional groups attached to an aromatic ring is 1. The molecule has 0 radical (unpaired) electrons. The van der Waals surface area contributed by atoms with Crippen molar-refractivity contribution in [3.8, 4) is 0 Å². The molecule has 0 amide bonds. The van der Waals surface area contributed by atoms with E-state index in [1.165, 1.54) is 12.1 Å². The van der Waals surface area contributed by atoms with E-state index in [1.54, 1.807) is 12.4 Å². The Morgan fingerprint density at radius 3 is 2.89 bits per heavy atom. The number of rotatable bonds is 5. The molecule has 2 aromatic rings. The molecule has 2 aromatic heterocycles.